The second-order valence-electron chi connectivity index (χ2n) is 8.03. The Hall–Kier alpha value is -1.80. The van der Waals surface area contributed by atoms with Crippen LogP contribution in [0.3, 0.4) is 0 Å². The predicted octanol–water partition coefficient (Wildman–Crippen LogP) is 3.12. The number of nitrogens with zero attached hydrogens (tertiary/aromatic N) is 1. The zero-order chi connectivity index (χ0) is 20.3. The molecule has 0 aromatic heterocycles. The van der Waals surface area contributed by atoms with Crippen molar-refractivity contribution in [1.82, 2.24) is 4.31 Å². The maximum atomic E-state index is 13.1. The van der Waals surface area contributed by atoms with Crippen LogP contribution in [0.15, 0.2) is 23.1 Å². The Labute approximate surface area is 172 Å². The summed E-state index contributed by atoms with van der Waals surface area (Å²) in [4.78, 5) is 12.7. The minimum Gasteiger partial charge on any atom is -0.490 e. The number of hydrogen-bond donors (Lipinski definition) is 0. The lowest BCUT2D eigenvalue weighted by molar-refractivity contribution is -0.156. The van der Waals surface area contributed by atoms with Crippen molar-refractivity contribution in [2.75, 3.05) is 26.3 Å². The molecule has 0 bridgehead atoms. The van der Waals surface area contributed by atoms with Crippen molar-refractivity contribution < 1.29 is 27.4 Å². The molecule has 1 saturated heterocycles. The summed E-state index contributed by atoms with van der Waals surface area (Å²) in [6.07, 6.45) is 7.14. The number of benzene rings is 1. The van der Waals surface area contributed by atoms with Crippen molar-refractivity contribution in [1.29, 1.82) is 0 Å². The van der Waals surface area contributed by atoms with Crippen molar-refractivity contribution in [2.45, 2.75) is 62.4 Å². The molecule has 2 aliphatic heterocycles. The maximum Gasteiger partial charge on any atom is 0.309 e. The molecule has 0 radical (unpaired) electrons. The van der Waals surface area contributed by atoms with Gasteiger partial charge in [-0.05, 0) is 50.7 Å². The van der Waals surface area contributed by atoms with E-state index in [0.717, 1.165) is 32.1 Å². The van der Waals surface area contributed by atoms with E-state index >= 15 is 0 Å². The number of esters is 1. The van der Waals surface area contributed by atoms with E-state index in [1.807, 2.05) is 0 Å². The summed E-state index contributed by atoms with van der Waals surface area (Å²) < 4.78 is 44.5. The zero-order valence-corrected chi connectivity index (χ0v) is 17.5. The average molecular weight is 424 g/mol. The molecular weight excluding hydrogens is 394 g/mol. The van der Waals surface area contributed by atoms with Crippen LogP contribution < -0.4 is 9.47 Å². The van der Waals surface area contributed by atoms with Gasteiger partial charge in [0.25, 0.3) is 0 Å². The summed E-state index contributed by atoms with van der Waals surface area (Å²) >= 11 is 0. The number of fused-ring (bicyclic) bond motifs is 1. The summed E-state index contributed by atoms with van der Waals surface area (Å²) in [7, 11) is -3.64. The molecule has 1 aliphatic carbocycles. The van der Waals surface area contributed by atoms with Crippen LogP contribution in [0.1, 0.15) is 51.4 Å². The van der Waals surface area contributed by atoms with Crippen LogP contribution in [0.25, 0.3) is 0 Å². The SMILES string of the molecule is O=C(OC1CCCCC1)C1CCN(S(=O)(=O)c2ccc3c(c2)OCCCO3)CC1. The Bertz CT molecular complexity index is 826. The van der Waals surface area contributed by atoms with Gasteiger partial charge in [0.05, 0.1) is 24.0 Å². The van der Waals surface area contributed by atoms with Crippen LogP contribution in [0.2, 0.25) is 0 Å². The fraction of sp³-hybridized carbons (Fsp3) is 0.667. The summed E-state index contributed by atoms with van der Waals surface area (Å²) in [6, 6.07) is 4.76. The van der Waals surface area contributed by atoms with Gasteiger partial charge in [-0.2, -0.15) is 4.31 Å². The number of sulfonamides is 1. The quantitative estimate of drug-likeness (QED) is 0.692. The van der Waals surface area contributed by atoms with Crippen LogP contribution in [0.4, 0.5) is 0 Å². The molecule has 29 heavy (non-hydrogen) atoms. The smallest absolute Gasteiger partial charge is 0.309 e. The first-order chi connectivity index (χ1) is 14.0. The summed E-state index contributed by atoms with van der Waals surface area (Å²) in [5, 5.41) is 0. The maximum absolute atomic E-state index is 13.1. The molecule has 160 valence electrons. The molecule has 1 aromatic rings. The van der Waals surface area contributed by atoms with E-state index in [1.165, 1.54) is 10.7 Å². The van der Waals surface area contributed by atoms with Gasteiger partial charge in [0.1, 0.15) is 6.10 Å². The first kappa shape index (κ1) is 20.5. The van der Waals surface area contributed by atoms with Gasteiger partial charge in [-0.15, -0.1) is 0 Å². The van der Waals surface area contributed by atoms with Crippen LogP contribution in [-0.2, 0) is 19.6 Å². The lowest BCUT2D eigenvalue weighted by Gasteiger charge is -2.31. The van der Waals surface area contributed by atoms with Gasteiger partial charge in [0, 0.05) is 25.6 Å². The zero-order valence-electron chi connectivity index (χ0n) is 16.7. The molecule has 0 amide bonds. The van der Waals surface area contributed by atoms with Crippen LogP contribution in [0, 0.1) is 5.92 Å². The van der Waals surface area contributed by atoms with Crippen molar-refractivity contribution >= 4 is 16.0 Å². The highest BCUT2D eigenvalue weighted by Crippen LogP contribution is 2.34. The molecule has 0 atom stereocenters. The van der Waals surface area contributed by atoms with E-state index in [9.17, 15) is 13.2 Å². The topological polar surface area (TPSA) is 82.1 Å². The van der Waals surface area contributed by atoms with Gasteiger partial charge in [-0.25, -0.2) is 8.42 Å². The fourth-order valence-electron chi connectivity index (χ4n) is 4.23. The lowest BCUT2D eigenvalue weighted by atomic mass is 9.96. The first-order valence-electron chi connectivity index (χ1n) is 10.6. The number of rotatable bonds is 4. The largest absolute Gasteiger partial charge is 0.490 e. The average Bonchev–Trinajstić information content (AvgIpc) is 2.99. The third-order valence-electron chi connectivity index (χ3n) is 5.98. The summed E-state index contributed by atoms with van der Waals surface area (Å²) in [5.41, 5.74) is 0. The Morgan fingerprint density at radius 1 is 0.931 bits per heavy atom. The summed E-state index contributed by atoms with van der Waals surface area (Å²) in [6.45, 7) is 1.71. The second kappa shape index (κ2) is 8.92. The highest BCUT2D eigenvalue weighted by atomic mass is 32.2. The standard InChI is InChI=1S/C21H29NO6S/c23-21(28-17-5-2-1-3-6-17)16-9-11-22(12-10-16)29(24,25)18-7-8-19-20(15-18)27-14-4-13-26-19/h7-8,15-17H,1-6,9-14H2. The molecule has 4 rings (SSSR count). The van der Waals surface area contributed by atoms with E-state index in [1.54, 1.807) is 18.2 Å². The number of hydrogen-bond acceptors (Lipinski definition) is 6. The Balaban J connectivity index is 1.37. The number of carbonyl (C=O) groups excluding carboxylic acids is 1. The summed E-state index contributed by atoms with van der Waals surface area (Å²) in [5.74, 6) is 0.664. The molecule has 0 spiro atoms. The van der Waals surface area contributed by atoms with Gasteiger partial charge in [0.15, 0.2) is 11.5 Å². The molecule has 8 heteroatoms. The Morgan fingerprint density at radius 3 is 2.34 bits per heavy atom. The molecule has 2 heterocycles. The van der Waals surface area contributed by atoms with Gasteiger partial charge >= 0.3 is 5.97 Å². The van der Waals surface area contributed by atoms with E-state index in [2.05, 4.69) is 0 Å². The minimum atomic E-state index is -3.64. The predicted molar refractivity (Wildman–Crippen MR) is 106 cm³/mol. The van der Waals surface area contributed by atoms with E-state index in [-0.39, 0.29) is 22.9 Å². The molecular formula is C21H29NO6S. The molecule has 7 nitrogen and oxygen atoms in total. The van der Waals surface area contributed by atoms with Gasteiger partial charge in [-0.1, -0.05) is 6.42 Å². The number of carbonyl (C=O) groups is 1. The molecule has 0 unspecified atom stereocenters. The number of ether oxygens (including phenoxy) is 3. The molecule has 1 saturated carbocycles. The van der Waals surface area contributed by atoms with Crippen molar-refractivity contribution in [3.63, 3.8) is 0 Å². The van der Waals surface area contributed by atoms with E-state index < -0.39 is 10.0 Å². The monoisotopic (exact) mass is 423 g/mol. The van der Waals surface area contributed by atoms with Gasteiger partial charge in [-0.3, -0.25) is 4.79 Å². The van der Waals surface area contributed by atoms with Crippen LogP contribution in [0.5, 0.6) is 11.5 Å². The van der Waals surface area contributed by atoms with Crippen molar-refractivity contribution in [2.24, 2.45) is 5.92 Å². The Morgan fingerprint density at radius 2 is 1.62 bits per heavy atom. The molecule has 2 fully saturated rings. The second-order valence-corrected chi connectivity index (χ2v) is 9.97. The normalized spacial score (nSPS) is 22.1. The van der Waals surface area contributed by atoms with Gasteiger partial charge < -0.3 is 14.2 Å². The van der Waals surface area contributed by atoms with Crippen LogP contribution >= 0.6 is 0 Å². The van der Waals surface area contributed by atoms with E-state index in [4.69, 9.17) is 14.2 Å². The van der Waals surface area contributed by atoms with Crippen molar-refractivity contribution in [3.8, 4) is 11.5 Å². The molecule has 3 aliphatic rings. The highest BCUT2D eigenvalue weighted by Gasteiger charge is 2.34. The van der Waals surface area contributed by atoms with Crippen LogP contribution in [-0.4, -0.2) is 51.1 Å². The molecule has 1 aromatic carbocycles. The van der Waals surface area contributed by atoms with E-state index in [0.29, 0.717) is 50.6 Å². The number of piperidine rings is 1. The molecule has 0 N–H and O–H groups in total. The third kappa shape index (κ3) is 4.69. The lowest BCUT2D eigenvalue weighted by Crippen LogP contribution is -2.41. The fourth-order valence-corrected chi connectivity index (χ4v) is 5.71. The minimum absolute atomic E-state index is 0.0415. The Kier molecular flexibility index (Phi) is 6.29. The first-order valence-corrected chi connectivity index (χ1v) is 12.1. The third-order valence-corrected chi connectivity index (χ3v) is 7.87. The van der Waals surface area contributed by atoms with Gasteiger partial charge in [0.2, 0.25) is 10.0 Å². The highest BCUT2D eigenvalue weighted by molar-refractivity contribution is 7.89. The van der Waals surface area contributed by atoms with Crippen molar-refractivity contribution in [3.05, 3.63) is 18.2 Å².